The van der Waals surface area contributed by atoms with E-state index < -0.39 is 5.54 Å². The van der Waals surface area contributed by atoms with Crippen molar-refractivity contribution in [1.29, 1.82) is 5.26 Å². The fraction of sp³-hybridized carbons (Fsp3) is 0.538. The maximum atomic E-state index is 12.1. The highest BCUT2D eigenvalue weighted by Crippen LogP contribution is 2.32. The van der Waals surface area contributed by atoms with Crippen molar-refractivity contribution in [2.75, 3.05) is 0 Å². The number of carbonyl (C=O) groups is 1. The van der Waals surface area contributed by atoms with Crippen molar-refractivity contribution in [2.24, 2.45) is 5.92 Å². The summed E-state index contributed by atoms with van der Waals surface area (Å²) in [6.07, 6.45) is 3.51. The molecule has 18 heavy (non-hydrogen) atoms. The van der Waals surface area contributed by atoms with Crippen LogP contribution in [0.1, 0.15) is 42.3 Å². The number of hydrogen-bond acceptors (Lipinski definition) is 3. The molecule has 1 aliphatic rings. The molecule has 0 aliphatic heterocycles. The van der Waals surface area contributed by atoms with E-state index in [1.54, 1.807) is 6.07 Å². The van der Waals surface area contributed by atoms with Crippen molar-refractivity contribution in [3.05, 3.63) is 20.8 Å². The molecule has 0 atom stereocenters. The Morgan fingerprint density at radius 2 is 2.22 bits per heavy atom. The molecule has 2 rings (SSSR count). The Balaban J connectivity index is 2.07. The summed E-state index contributed by atoms with van der Waals surface area (Å²) in [7, 11) is 0. The number of nitriles is 1. The first-order chi connectivity index (χ1) is 8.54. The number of rotatable bonds is 2. The number of thiophene rings is 1. The monoisotopic (exact) mass is 326 g/mol. The highest BCUT2D eigenvalue weighted by Gasteiger charge is 2.36. The lowest BCUT2D eigenvalue weighted by molar-refractivity contribution is 0.0898. The number of carbonyl (C=O) groups excluding carboxylic acids is 1. The Bertz CT molecular complexity index is 483. The van der Waals surface area contributed by atoms with Gasteiger partial charge in [-0.25, -0.2) is 0 Å². The van der Waals surface area contributed by atoms with Crippen LogP contribution in [-0.2, 0) is 0 Å². The van der Waals surface area contributed by atoms with Gasteiger partial charge in [0.1, 0.15) is 5.54 Å². The first kappa shape index (κ1) is 13.6. The van der Waals surface area contributed by atoms with E-state index >= 15 is 0 Å². The second-order valence-electron chi connectivity index (χ2n) is 4.93. The first-order valence-corrected chi connectivity index (χ1v) is 7.65. The molecule has 1 saturated carbocycles. The topological polar surface area (TPSA) is 52.9 Å². The molecule has 0 radical (unpaired) electrons. The van der Waals surface area contributed by atoms with Crippen LogP contribution in [0.15, 0.2) is 15.9 Å². The largest absolute Gasteiger partial charge is 0.333 e. The second kappa shape index (κ2) is 5.41. The summed E-state index contributed by atoms with van der Waals surface area (Å²) in [6.45, 7) is 2.19. The van der Waals surface area contributed by atoms with Crippen molar-refractivity contribution in [2.45, 2.75) is 38.1 Å². The van der Waals surface area contributed by atoms with Gasteiger partial charge >= 0.3 is 0 Å². The van der Waals surface area contributed by atoms with Crippen LogP contribution in [0.25, 0.3) is 0 Å². The summed E-state index contributed by atoms with van der Waals surface area (Å²) < 4.78 is 0.927. The van der Waals surface area contributed by atoms with Gasteiger partial charge in [-0.15, -0.1) is 11.3 Å². The molecule has 0 unspecified atom stereocenters. The van der Waals surface area contributed by atoms with E-state index in [0.717, 1.165) is 29.5 Å². The molecule has 1 aromatic rings. The normalized spacial score (nSPS) is 27.5. The molecule has 3 nitrogen and oxygen atoms in total. The summed E-state index contributed by atoms with van der Waals surface area (Å²) in [6, 6.07) is 5.93. The summed E-state index contributed by atoms with van der Waals surface area (Å²) in [5, 5.41) is 12.3. The molecule has 0 spiro atoms. The van der Waals surface area contributed by atoms with Gasteiger partial charge in [-0.05, 0) is 59.7 Å². The summed E-state index contributed by atoms with van der Waals surface area (Å²) >= 11 is 4.73. The number of nitrogens with zero attached hydrogens (tertiary/aromatic N) is 1. The van der Waals surface area contributed by atoms with Crippen molar-refractivity contribution in [1.82, 2.24) is 5.32 Å². The van der Waals surface area contributed by atoms with Crippen molar-refractivity contribution >= 4 is 33.2 Å². The minimum atomic E-state index is -0.667. The molecule has 1 aromatic heterocycles. The smallest absolute Gasteiger partial charge is 0.262 e. The summed E-state index contributed by atoms with van der Waals surface area (Å²) in [5.41, 5.74) is -0.667. The number of hydrogen-bond donors (Lipinski definition) is 1. The predicted octanol–water partition coefficient (Wildman–Crippen LogP) is 3.71. The van der Waals surface area contributed by atoms with Crippen LogP contribution in [0.4, 0.5) is 0 Å². The van der Waals surface area contributed by atoms with Crippen molar-refractivity contribution < 1.29 is 4.79 Å². The van der Waals surface area contributed by atoms with Gasteiger partial charge in [0.05, 0.1) is 14.7 Å². The predicted molar refractivity (Wildman–Crippen MR) is 75.5 cm³/mol. The second-order valence-corrected chi connectivity index (χ2v) is 7.40. The molecular weight excluding hydrogens is 312 g/mol. The molecule has 5 heteroatoms. The van der Waals surface area contributed by atoms with Crippen LogP contribution >= 0.6 is 27.3 Å². The Labute approximate surface area is 119 Å². The molecule has 1 N–H and O–H groups in total. The maximum Gasteiger partial charge on any atom is 0.262 e. The van der Waals surface area contributed by atoms with E-state index in [9.17, 15) is 10.1 Å². The van der Waals surface area contributed by atoms with Gasteiger partial charge < -0.3 is 5.32 Å². The zero-order chi connectivity index (χ0) is 13.2. The zero-order valence-electron chi connectivity index (χ0n) is 10.2. The minimum Gasteiger partial charge on any atom is -0.333 e. The van der Waals surface area contributed by atoms with E-state index in [-0.39, 0.29) is 5.91 Å². The Morgan fingerprint density at radius 3 is 2.72 bits per heavy atom. The molecular formula is C13H15BrN2OS. The Morgan fingerprint density at radius 1 is 1.56 bits per heavy atom. The Kier molecular flexibility index (Phi) is 4.08. The van der Waals surface area contributed by atoms with Crippen LogP contribution in [0.2, 0.25) is 0 Å². The molecule has 1 fully saturated rings. The molecule has 0 bridgehead atoms. The van der Waals surface area contributed by atoms with Crippen LogP contribution in [0.3, 0.4) is 0 Å². The molecule has 1 aliphatic carbocycles. The summed E-state index contributed by atoms with van der Waals surface area (Å²) in [4.78, 5) is 12.7. The Hall–Kier alpha value is -0.860. The first-order valence-electron chi connectivity index (χ1n) is 6.04. The zero-order valence-corrected chi connectivity index (χ0v) is 12.6. The van der Waals surface area contributed by atoms with Gasteiger partial charge in [0.15, 0.2) is 0 Å². The standard InChI is InChI=1S/C13H15BrN2OS/c1-9-4-6-13(8-15,7-5-9)16-12(17)10-2-3-11(14)18-10/h2-3,9H,4-7H2,1H3,(H,16,17). The fourth-order valence-electron chi connectivity index (χ4n) is 2.23. The van der Waals surface area contributed by atoms with Gasteiger partial charge in [0.2, 0.25) is 0 Å². The van der Waals surface area contributed by atoms with Crippen LogP contribution in [0.5, 0.6) is 0 Å². The molecule has 96 valence electrons. The average Bonchev–Trinajstić information content (AvgIpc) is 2.79. The van der Waals surface area contributed by atoms with Gasteiger partial charge in [-0.2, -0.15) is 5.26 Å². The van der Waals surface area contributed by atoms with Crippen LogP contribution < -0.4 is 5.32 Å². The average molecular weight is 327 g/mol. The van der Waals surface area contributed by atoms with Gasteiger partial charge in [0.25, 0.3) is 5.91 Å². The lowest BCUT2D eigenvalue weighted by Gasteiger charge is -2.34. The van der Waals surface area contributed by atoms with Crippen molar-refractivity contribution in [3.8, 4) is 6.07 Å². The van der Waals surface area contributed by atoms with E-state index in [2.05, 4.69) is 34.2 Å². The SMILES string of the molecule is CC1CCC(C#N)(NC(=O)c2ccc(Br)s2)CC1. The lowest BCUT2D eigenvalue weighted by atomic mass is 9.78. The molecule has 0 aromatic carbocycles. The van der Waals surface area contributed by atoms with E-state index in [1.807, 2.05) is 6.07 Å². The van der Waals surface area contributed by atoms with E-state index in [0.29, 0.717) is 10.8 Å². The van der Waals surface area contributed by atoms with E-state index in [4.69, 9.17) is 0 Å². The highest BCUT2D eigenvalue weighted by atomic mass is 79.9. The third-order valence-electron chi connectivity index (χ3n) is 3.49. The number of halogens is 1. The quantitative estimate of drug-likeness (QED) is 0.900. The van der Waals surface area contributed by atoms with Gasteiger partial charge in [-0.3, -0.25) is 4.79 Å². The number of nitrogens with one attached hydrogen (secondary N) is 1. The van der Waals surface area contributed by atoms with Gasteiger partial charge in [0, 0.05) is 0 Å². The molecule has 1 heterocycles. The van der Waals surface area contributed by atoms with Crippen LogP contribution in [-0.4, -0.2) is 11.4 Å². The maximum absolute atomic E-state index is 12.1. The highest BCUT2D eigenvalue weighted by molar-refractivity contribution is 9.11. The molecule has 0 saturated heterocycles. The van der Waals surface area contributed by atoms with Gasteiger partial charge in [-0.1, -0.05) is 6.92 Å². The third-order valence-corrected chi connectivity index (χ3v) is 5.11. The van der Waals surface area contributed by atoms with Crippen LogP contribution in [0, 0.1) is 17.2 Å². The van der Waals surface area contributed by atoms with E-state index in [1.165, 1.54) is 11.3 Å². The molecule has 1 amide bonds. The minimum absolute atomic E-state index is 0.137. The third kappa shape index (κ3) is 2.93. The number of amides is 1. The fourth-order valence-corrected chi connectivity index (χ4v) is 3.52. The summed E-state index contributed by atoms with van der Waals surface area (Å²) in [5.74, 6) is 0.515. The lowest BCUT2D eigenvalue weighted by Crippen LogP contribution is -2.49. The van der Waals surface area contributed by atoms with Crippen molar-refractivity contribution in [3.63, 3.8) is 0 Å².